The Bertz CT molecular complexity index is 823. The topological polar surface area (TPSA) is 66.5 Å². The van der Waals surface area contributed by atoms with Crippen LogP contribution in [-0.2, 0) is 14.8 Å². The van der Waals surface area contributed by atoms with Gasteiger partial charge in [-0.3, -0.25) is 4.79 Å². The summed E-state index contributed by atoms with van der Waals surface area (Å²) in [5.74, 6) is 0.175. The Morgan fingerprint density at radius 3 is 2.17 bits per heavy atom. The Morgan fingerprint density at radius 2 is 1.63 bits per heavy atom. The Labute approximate surface area is 180 Å². The van der Waals surface area contributed by atoms with Gasteiger partial charge in [-0.1, -0.05) is 27.2 Å². The molecular formula is C23H35FN2O3S. The van der Waals surface area contributed by atoms with Crippen LogP contribution < -0.4 is 5.32 Å². The van der Waals surface area contributed by atoms with Crippen molar-refractivity contribution in [3.8, 4) is 0 Å². The first-order chi connectivity index (χ1) is 14.1. The molecule has 0 aromatic heterocycles. The van der Waals surface area contributed by atoms with Gasteiger partial charge in [-0.2, -0.15) is 4.31 Å². The van der Waals surface area contributed by atoms with E-state index >= 15 is 0 Å². The summed E-state index contributed by atoms with van der Waals surface area (Å²) in [4.78, 5) is 12.8. The molecule has 1 amide bonds. The molecule has 0 bridgehead atoms. The number of nitrogens with zero attached hydrogens (tertiary/aromatic N) is 1. The summed E-state index contributed by atoms with van der Waals surface area (Å²) >= 11 is 0. The maximum Gasteiger partial charge on any atom is 0.243 e. The predicted molar refractivity (Wildman–Crippen MR) is 116 cm³/mol. The average Bonchev–Trinajstić information content (AvgIpc) is 2.74. The van der Waals surface area contributed by atoms with Crippen LogP contribution in [0.15, 0.2) is 29.2 Å². The highest BCUT2D eigenvalue weighted by Crippen LogP contribution is 2.40. The lowest BCUT2D eigenvalue weighted by Crippen LogP contribution is -2.46. The summed E-state index contributed by atoms with van der Waals surface area (Å²) in [6, 6.07) is 5.13. The molecule has 2 aliphatic rings. The first-order valence-electron chi connectivity index (χ1n) is 11.2. The summed E-state index contributed by atoms with van der Waals surface area (Å²) in [5, 5.41) is 3.22. The lowest BCUT2D eigenvalue weighted by molar-refractivity contribution is -0.127. The summed E-state index contributed by atoms with van der Waals surface area (Å²) in [6.07, 6.45) is 6.57. The lowest BCUT2D eigenvalue weighted by atomic mass is 9.69. The second kappa shape index (κ2) is 9.35. The van der Waals surface area contributed by atoms with Crippen LogP contribution in [0.5, 0.6) is 0 Å². The van der Waals surface area contributed by atoms with Crippen LogP contribution in [-0.4, -0.2) is 37.8 Å². The lowest BCUT2D eigenvalue weighted by Gasteiger charge is -2.39. The molecule has 1 aliphatic carbocycles. The molecule has 0 spiro atoms. The Kier molecular flexibility index (Phi) is 7.23. The minimum Gasteiger partial charge on any atom is -0.353 e. The van der Waals surface area contributed by atoms with Crippen LogP contribution in [0.4, 0.5) is 4.39 Å². The smallest absolute Gasteiger partial charge is 0.243 e. The third-order valence-corrected chi connectivity index (χ3v) is 9.28. The average molecular weight is 439 g/mol. The Hall–Kier alpha value is -1.47. The van der Waals surface area contributed by atoms with Crippen molar-refractivity contribution in [1.29, 1.82) is 0 Å². The van der Waals surface area contributed by atoms with Gasteiger partial charge >= 0.3 is 0 Å². The minimum atomic E-state index is -3.64. The molecular weight excluding hydrogens is 403 g/mol. The zero-order chi connectivity index (χ0) is 21.9. The molecule has 0 unspecified atom stereocenters. The molecule has 0 atom stereocenters. The number of carbonyl (C=O) groups is 1. The highest BCUT2D eigenvalue weighted by Gasteiger charge is 2.35. The monoisotopic (exact) mass is 438 g/mol. The molecule has 1 heterocycles. The zero-order valence-corrected chi connectivity index (χ0v) is 19.2. The standard InChI is InChI=1S/C23H35FN2O3S/c1-4-23(2,3)18-5-9-20(10-6-18)25-22(27)17-13-15-26(16-14-17)30(28,29)21-11-7-19(24)8-12-21/h7-8,11-12,17-18,20H,4-6,9-10,13-16H2,1-3H3,(H,25,27). The van der Waals surface area contributed by atoms with Crippen molar-refractivity contribution in [3.63, 3.8) is 0 Å². The molecule has 7 heteroatoms. The van der Waals surface area contributed by atoms with Crippen molar-refractivity contribution >= 4 is 15.9 Å². The molecule has 5 nitrogen and oxygen atoms in total. The molecule has 2 fully saturated rings. The quantitative estimate of drug-likeness (QED) is 0.719. The van der Waals surface area contributed by atoms with Crippen molar-refractivity contribution in [2.75, 3.05) is 13.1 Å². The van der Waals surface area contributed by atoms with Crippen LogP contribution in [0.2, 0.25) is 0 Å². The molecule has 0 radical (unpaired) electrons. The molecule has 3 rings (SSSR count). The molecule has 168 valence electrons. The van der Waals surface area contributed by atoms with Crippen molar-refractivity contribution < 1.29 is 17.6 Å². The van der Waals surface area contributed by atoms with E-state index in [1.54, 1.807) is 0 Å². The third-order valence-electron chi connectivity index (χ3n) is 7.37. The molecule has 30 heavy (non-hydrogen) atoms. The van der Waals surface area contributed by atoms with Crippen molar-refractivity contribution in [1.82, 2.24) is 9.62 Å². The number of hydrogen-bond acceptors (Lipinski definition) is 3. The van der Waals surface area contributed by atoms with Gasteiger partial charge in [0.15, 0.2) is 0 Å². The third kappa shape index (κ3) is 5.22. The fraction of sp³-hybridized carbons (Fsp3) is 0.696. The number of benzene rings is 1. The summed E-state index contributed by atoms with van der Waals surface area (Å²) < 4.78 is 40.0. The summed E-state index contributed by atoms with van der Waals surface area (Å²) in [7, 11) is -3.64. The van der Waals surface area contributed by atoms with Crippen molar-refractivity contribution in [2.24, 2.45) is 17.3 Å². The number of rotatable bonds is 6. The molecule has 1 aromatic carbocycles. The fourth-order valence-electron chi connectivity index (χ4n) is 4.74. The number of nitrogens with one attached hydrogen (secondary N) is 1. The van der Waals surface area contributed by atoms with E-state index in [-0.39, 0.29) is 22.8 Å². The van der Waals surface area contributed by atoms with E-state index in [4.69, 9.17) is 0 Å². The molecule has 1 aliphatic heterocycles. The second-order valence-electron chi connectivity index (χ2n) is 9.53. The zero-order valence-electron chi connectivity index (χ0n) is 18.4. The number of hydrogen-bond donors (Lipinski definition) is 1. The number of piperidine rings is 1. The summed E-state index contributed by atoms with van der Waals surface area (Å²) in [6.45, 7) is 7.55. The maximum absolute atomic E-state index is 13.1. The van der Waals surface area contributed by atoms with Crippen LogP contribution in [0.1, 0.15) is 65.7 Å². The van der Waals surface area contributed by atoms with Crippen LogP contribution in [0.3, 0.4) is 0 Å². The van der Waals surface area contributed by atoms with Gasteiger partial charge in [0, 0.05) is 25.0 Å². The first kappa shape index (κ1) is 23.2. The van der Waals surface area contributed by atoms with Gasteiger partial charge in [0.1, 0.15) is 5.82 Å². The molecule has 1 saturated heterocycles. The fourth-order valence-corrected chi connectivity index (χ4v) is 6.21. The number of amides is 1. The summed E-state index contributed by atoms with van der Waals surface area (Å²) in [5.41, 5.74) is 0.359. The van der Waals surface area contributed by atoms with E-state index in [9.17, 15) is 17.6 Å². The predicted octanol–water partition coefficient (Wildman–Crippen LogP) is 4.34. The number of sulfonamides is 1. The van der Waals surface area contributed by atoms with Gasteiger partial charge in [0.25, 0.3) is 0 Å². The SMILES string of the molecule is CCC(C)(C)C1CCC(NC(=O)C2CCN(S(=O)(=O)c3ccc(F)cc3)CC2)CC1. The van der Waals surface area contributed by atoms with E-state index in [1.165, 1.54) is 22.9 Å². The molecule has 1 aromatic rings. The Balaban J connectivity index is 1.48. The Morgan fingerprint density at radius 1 is 1.07 bits per heavy atom. The van der Waals surface area contributed by atoms with E-state index in [0.717, 1.165) is 43.7 Å². The number of halogens is 1. The highest BCUT2D eigenvalue weighted by atomic mass is 32.2. The van der Waals surface area contributed by atoms with E-state index < -0.39 is 15.8 Å². The minimum absolute atomic E-state index is 0.0621. The van der Waals surface area contributed by atoms with E-state index in [2.05, 4.69) is 26.1 Å². The van der Waals surface area contributed by atoms with E-state index in [0.29, 0.717) is 31.3 Å². The molecule has 1 N–H and O–H groups in total. The van der Waals surface area contributed by atoms with Crippen LogP contribution in [0.25, 0.3) is 0 Å². The first-order valence-corrected chi connectivity index (χ1v) is 12.6. The van der Waals surface area contributed by atoms with Crippen molar-refractivity contribution in [3.05, 3.63) is 30.1 Å². The molecule has 1 saturated carbocycles. The van der Waals surface area contributed by atoms with Gasteiger partial charge in [0.05, 0.1) is 4.90 Å². The van der Waals surface area contributed by atoms with Crippen LogP contribution >= 0.6 is 0 Å². The second-order valence-corrected chi connectivity index (χ2v) is 11.5. The van der Waals surface area contributed by atoms with Gasteiger partial charge in [-0.25, -0.2) is 12.8 Å². The number of carbonyl (C=O) groups excluding carboxylic acids is 1. The van der Waals surface area contributed by atoms with Crippen LogP contribution in [0, 0.1) is 23.1 Å². The maximum atomic E-state index is 13.1. The van der Waals surface area contributed by atoms with Gasteiger partial charge < -0.3 is 5.32 Å². The van der Waals surface area contributed by atoms with Gasteiger partial charge in [-0.05, 0) is 74.1 Å². The normalized spacial score (nSPS) is 24.5. The van der Waals surface area contributed by atoms with Gasteiger partial charge in [-0.15, -0.1) is 0 Å². The van der Waals surface area contributed by atoms with Gasteiger partial charge in [0.2, 0.25) is 15.9 Å². The van der Waals surface area contributed by atoms with Crippen molar-refractivity contribution in [2.45, 2.75) is 76.7 Å². The van der Waals surface area contributed by atoms with E-state index in [1.807, 2.05) is 0 Å². The highest BCUT2D eigenvalue weighted by molar-refractivity contribution is 7.89. The largest absolute Gasteiger partial charge is 0.353 e.